The molecule has 3 aromatic carbocycles. The van der Waals surface area contributed by atoms with Crippen LogP contribution in [0.4, 0.5) is 21.9 Å². The Morgan fingerprint density at radius 3 is 2.33 bits per heavy atom. The lowest BCUT2D eigenvalue weighted by atomic mass is 9.98. The van der Waals surface area contributed by atoms with E-state index < -0.39 is 22.8 Å². The summed E-state index contributed by atoms with van der Waals surface area (Å²) in [6.07, 6.45) is 2.93. The quantitative estimate of drug-likeness (QED) is 0.147. The molecule has 4 N–H and O–H groups in total. The van der Waals surface area contributed by atoms with E-state index in [9.17, 15) is 29.3 Å². The van der Waals surface area contributed by atoms with Gasteiger partial charge >= 0.3 is 6.03 Å². The summed E-state index contributed by atoms with van der Waals surface area (Å²) in [5.74, 6) is -0.810. The number of nitrogens with zero attached hydrogens (tertiary/aromatic N) is 2. The van der Waals surface area contributed by atoms with Crippen molar-refractivity contribution in [3.63, 3.8) is 0 Å². The predicted molar refractivity (Wildman–Crippen MR) is 154 cm³/mol. The Hall–Kier alpha value is -5.78. The summed E-state index contributed by atoms with van der Waals surface area (Å²) < 4.78 is 0. The summed E-state index contributed by atoms with van der Waals surface area (Å²) in [5.41, 5.74) is 4.37. The number of rotatable bonds is 7. The van der Waals surface area contributed by atoms with Gasteiger partial charge in [0, 0.05) is 48.6 Å². The molecule has 0 radical (unpaired) electrons. The van der Waals surface area contributed by atoms with Gasteiger partial charge in [0.05, 0.1) is 16.2 Å². The largest absolute Gasteiger partial charge is 0.354 e. The molecule has 3 aliphatic rings. The number of benzene rings is 3. The van der Waals surface area contributed by atoms with Crippen LogP contribution in [0.3, 0.4) is 0 Å². The van der Waals surface area contributed by atoms with Crippen molar-refractivity contribution in [3.8, 4) is 0 Å². The van der Waals surface area contributed by atoms with E-state index in [1.54, 1.807) is 24.3 Å². The molecule has 0 saturated carbocycles. The molecule has 2 saturated heterocycles. The van der Waals surface area contributed by atoms with E-state index in [1.165, 1.54) is 24.3 Å². The minimum Gasteiger partial charge on any atom is -0.354 e. The van der Waals surface area contributed by atoms with Crippen LogP contribution in [0.15, 0.2) is 72.4 Å². The maximum atomic E-state index is 13.3. The van der Waals surface area contributed by atoms with E-state index in [2.05, 4.69) is 21.3 Å². The molecular formula is C30H24N6O6. The molecule has 0 bridgehead atoms. The van der Waals surface area contributed by atoms with Crippen LogP contribution in [0, 0.1) is 10.1 Å². The van der Waals surface area contributed by atoms with Crippen LogP contribution >= 0.6 is 0 Å². The van der Waals surface area contributed by atoms with Gasteiger partial charge in [-0.2, -0.15) is 0 Å². The van der Waals surface area contributed by atoms with Crippen molar-refractivity contribution in [1.82, 2.24) is 15.5 Å². The maximum absolute atomic E-state index is 13.3. The smallest absolute Gasteiger partial charge is 0.326 e. The van der Waals surface area contributed by atoms with Gasteiger partial charge in [0.2, 0.25) is 5.91 Å². The molecule has 6 rings (SSSR count). The Morgan fingerprint density at radius 2 is 1.69 bits per heavy atom. The number of nitrogens with one attached hydrogen (secondary N) is 4. The number of non-ortho nitro benzene ring substituents is 1. The molecule has 3 aliphatic heterocycles. The lowest BCUT2D eigenvalue weighted by Crippen LogP contribution is -2.23. The first-order chi connectivity index (χ1) is 20.2. The summed E-state index contributed by atoms with van der Waals surface area (Å²) in [5, 5.41) is 22.2. The molecule has 0 aliphatic carbocycles. The fourth-order valence-electron chi connectivity index (χ4n) is 5.12. The van der Waals surface area contributed by atoms with Gasteiger partial charge in [0.1, 0.15) is 5.70 Å². The Bertz CT molecular complexity index is 1730. The standard InChI is InChI=1S/C30H24N6O6/c37-25-2-1-13-35(25)16-18-3-7-19(8-4-18)27(26-22-15-21(36(41)42)11-12-23(22)32-29(26)39)31-20-9-5-17(6-10-20)14-24-28(38)34-30(40)33-24/h3-12,14-15,31H,1-2,13,16H2,(H,32,39)(H2,33,34,38,40)/b24-14+,27-26-. The molecule has 0 aromatic heterocycles. The third kappa shape index (κ3) is 5.20. The predicted octanol–water partition coefficient (Wildman–Crippen LogP) is 3.83. The third-order valence-electron chi connectivity index (χ3n) is 7.21. The van der Waals surface area contributed by atoms with Gasteiger partial charge in [-0.05, 0) is 47.4 Å². The number of carbonyl (C=O) groups is 4. The summed E-state index contributed by atoms with van der Waals surface area (Å²) in [6.45, 7) is 1.21. The molecule has 42 heavy (non-hydrogen) atoms. The van der Waals surface area contributed by atoms with E-state index >= 15 is 0 Å². The summed E-state index contributed by atoms with van der Waals surface area (Å²) in [4.78, 5) is 61.4. The maximum Gasteiger partial charge on any atom is 0.326 e. The fraction of sp³-hybridized carbons (Fsp3) is 0.133. The highest BCUT2D eigenvalue weighted by Gasteiger charge is 2.30. The number of hydrogen-bond acceptors (Lipinski definition) is 7. The monoisotopic (exact) mass is 564 g/mol. The molecule has 3 heterocycles. The van der Waals surface area contributed by atoms with E-state index in [-0.39, 0.29) is 22.9 Å². The molecule has 3 aromatic rings. The van der Waals surface area contributed by atoms with Crippen molar-refractivity contribution in [2.75, 3.05) is 17.2 Å². The number of hydrogen-bond donors (Lipinski definition) is 4. The van der Waals surface area contributed by atoms with Gasteiger partial charge in [0.25, 0.3) is 17.5 Å². The normalized spacial score (nSPS) is 18.1. The number of nitro benzene ring substituents is 1. The van der Waals surface area contributed by atoms with Gasteiger partial charge in [-0.25, -0.2) is 4.79 Å². The fourth-order valence-corrected chi connectivity index (χ4v) is 5.12. The van der Waals surface area contributed by atoms with Crippen LogP contribution in [0.25, 0.3) is 17.3 Å². The van der Waals surface area contributed by atoms with Crippen LogP contribution < -0.4 is 21.3 Å². The van der Waals surface area contributed by atoms with E-state index in [0.29, 0.717) is 46.7 Å². The lowest BCUT2D eigenvalue weighted by Gasteiger charge is -2.17. The average molecular weight is 565 g/mol. The van der Waals surface area contributed by atoms with E-state index in [1.807, 2.05) is 29.2 Å². The first-order valence-electron chi connectivity index (χ1n) is 13.2. The van der Waals surface area contributed by atoms with Gasteiger partial charge in [-0.3, -0.25) is 29.8 Å². The van der Waals surface area contributed by atoms with Crippen molar-refractivity contribution >= 4 is 58.2 Å². The van der Waals surface area contributed by atoms with Crippen LogP contribution in [-0.4, -0.2) is 40.1 Å². The molecule has 0 unspecified atom stereocenters. The number of likely N-dealkylation sites (tertiary alicyclic amines) is 1. The Balaban J connectivity index is 1.37. The first-order valence-corrected chi connectivity index (χ1v) is 13.2. The topological polar surface area (TPSA) is 163 Å². The van der Waals surface area contributed by atoms with Crippen LogP contribution in [0.5, 0.6) is 0 Å². The highest BCUT2D eigenvalue weighted by atomic mass is 16.6. The minimum atomic E-state index is -0.589. The summed E-state index contributed by atoms with van der Waals surface area (Å²) in [6, 6.07) is 18.0. The van der Waals surface area contributed by atoms with Crippen LogP contribution in [0.1, 0.15) is 35.1 Å². The minimum absolute atomic E-state index is 0.124. The van der Waals surface area contributed by atoms with Crippen LogP contribution in [0.2, 0.25) is 0 Å². The second kappa shape index (κ2) is 10.7. The molecule has 2 fully saturated rings. The highest BCUT2D eigenvalue weighted by molar-refractivity contribution is 6.37. The van der Waals surface area contributed by atoms with Gasteiger partial charge in [0.15, 0.2) is 0 Å². The number of nitro groups is 1. The van der Waals surface area contributed by atoms with Gasteiger partial charge in [-0.15, -0.1) is 0 Å². The number of amides is 5. The summed E-state index contributed by atoms with van der Waals surface area (Å²) in [7, 11) is 0. The Labute approximate surface area is 239 Å². The van der Waals surface area contributed by atoms with E-state index in [0.717, 1.165) is 18.5 Å². The number of fused-ring (bicyclic) bond motifs is 1. The zero-order valence-electron chi connectivity index (χ0n) is 22.1. The molecule has 12 nitrogen and oxygen atoms in total. The number of imide groups is 1. The van der Waals surface area contributed by atoms with E-state index in [4.69, 9.17) is 0 Å². The molecule has 5 amide bonds. The van der Waals surface area contributed by atoms with Crippen molar-refractivity contribution in [2.24, 2.45) is 0 Å². The second-order valence-corrected chi connectivity index (χ2v) is 10.0. The number of anilines is 2. The van der Waals surface area contributed by atoms with Crippen LogP contribution in [-0.2, 0) is 20.9 Å². The molecular weight excluding hydrogens is 540 g/mol. The molecule has 0 atom stereocenters. The van der Waals surface area contributed by atoms with Gasteiger partial charge in [-0.1, -0.05) is 36.4 Å². The SMILES string of the molecule is O=C1NC(=O)/C(=C\c2ccc(N/C(=C3\C(=O)Nc4ccc([N+](=O)[O-])cc43)c3ccc(CN4CCCC4=O)cc3)cc2)N1. The van der Waals surface area contributed by atoms with Crippen molar-refractivity contribution in [2.45, 2.75) is 19.4 Å². The zero-order chi connectivity index (χ0) is 29.4. The highest BCUT2D eigenvalue weighted by Crippen LogP contribution is 2.39. The lowest BCUT2D eigenvalue weighted by molar-refractivity contribution is -0.384. The molecule has 210 valence electrons. The molecule has 12 heteroatoms. The van der Waals surface area contributed by atoms with Gasteiger partial charge < -0.3 is 20.9 Å². The average Bonchev–Trinajstić information content (AvgIpc) is 3.63. The summed E-state index contributed by atoms with van der Waals surface area (Å²) >= 11 is 0. The van der Waals surface area contributed by atoms with Crippen molar-refractivity contribution in [3.05, 3.63) is 105 Å². The number of urea groups is 1. The zero-order valence-corrected chi connectivity index (χ0v) is 22.1. The Kier molecular flexibility index (Phi) is 6.71. The van der Waals surface area contributed by atoms with Crippen molar-refractivity contribution in [1.29, 1.82) is 0 Å². The third-order valence-corrected chi connectivity index (χ3v) is 7.21. The first kappa shape index (κ1) is 26.4. The van der Waals surface area contributed by atoms with Crippen molar-refractivity contribution < 1.29 is 24.1 Å². The molecule has 0 spiro atoms. The Morgan fingerprint density at radius 1 is 0.929 bits per heavy atom. The second-order valence-electron chi connectivity index (χ2n) is 10.0. The number of carbonyl (C=O) groups excluding carboxylic acids is 4.